The van der Waals surface area contributed by atoms with Crippen LogP contribution < -0.4 is 9.62 Å². The summed E-state index contributed by atoms with van der Waals surface area (Å²) in [6.45, 7) is 6.15. The molecule has 0 atom stereocenters. The first-order valence-electron chi connectivity index (χ1n) is 9.07. The smallest absolute Gasteiger partial charge is 0.367 e. The standard InChI is InChI=1S/C19H21ClF3N3O2S/c1-2-25-9-11-26(12-10-25)17-6-4-3-5-16(17)24-29(27,28)18-13-14(19(21,22)23)7-8-15(18)20/h3-8,13,24H,2,9-12H2,1H3. The molecule has 5 nitrogen and oxygen atoms in total. The van der Waals surface area contributed by atoms with E-state index >= 15 is 0 Å². The summed E-state index contributed by atoms with van der Waals surface area (Å²) in [6.07, 6.45) is -4.67. The molecule has 0 radical (unpaired) electrons. The molecule has 1 aliphatic heterocycles. The van der Waals surface area contributed by atoms with Crippen molar-refractivity contribution in [2.45, 2.75) is 18.0 Å². The molecule has 0 spiro atoms. The monoisotopic (exact) mass is 447 g/mol. The summed E-state index contributed by atoms with van der Waals surface area (Å²) in [4.78, 5) is 3.73. The van der Waals surface area contributed by atoms with Gasteiger partial charge in [0.05, 0.1) is 22.0 Å². The first kappa shape index (κ1) is 21.7. The van der Waals surface area contributed by atoms with Crippen molar-refractivity contribution in [2.24, 2.45) is 0 Å². The van der Waals surface area contributed by atoms with Crippen LogP contribution in [0.15, 0.2) is 47.4 Å². The van der Waals surface area contributed by atoms with Crippen LogP contribution in [0.1, 0.15) is 12.5 Å². The molecule has 10 heteroatoms. The molecule has 1 aliphatic rings. The Morgan fingerprint density at radius 1 is 1.07 bits per heavy atom. The molecule has 0 bridgehead atoms. The van der Waals surface area contributed by atoms with Gasteiger partial charge < -0.3 is 9.80 Å². The highest BCUT2D eigenvalue weighted by Crippen LogP contribution is 2.35. The first-order chi connectivity index (χ1) is 13.6. The topological polar surface area (TPSA) is 52.6 Å². The van der Waals surface area contributed by atoms with Gasteiger partial charge in [0.15, 0.2) is 0 Å². The van der Waals surface area contributed by atoms with Gasteiger partial charge in [-0.25, -0.2) is 8.42 Å². The van der Waals surface area contributed by atoms with Crippen LogP contribution in [-0.2, 0) is 16.2 Å². The lowest BCUT2D eigenvalue weighted by Crippen LogP contribution is -2.46. The number of hydrogen-bond donors (Lipinski definition) is 1. The van der Waals surface area contributed by atoms with E-state index in [4.69, 9.17) is 11.6 Å². The highest BCUT2D eigenvalue weighted by atomic mass is 35.5. The van der Waals surface area contributed by atoms with Crippen LogP contribution in [-0.4, -0.2) is 46.0 Å². The van der Waals surface area contributed by atoms with Crippen molar-refractivity contribution in [1.82, 2.24) is 4.90 Å². The molecule has 3 rings (SSSR count). The predicted molar refractivity (Wildman–Crippen MR) is 108 cm³/mol. The maximum atomic E-state index is 13.0. The van der Waals surface area contributed by atoms with Gasteiger partial charge in [0.25, 0.3) is 10.0 Å². The van der Waals surface area contributed by atoms with E-state index in [0.29, 0.717) is 17.4 Å². The van der Waals surface area contributed by atoms with Gasteiger partial charge in [-0.3, -0.25) is 4.72 Å². The van der Waals surface area contributed by atoms with E-state index < -0.39 is 26.7 Å². The van der Waals surface area contributed by atoms with Gasteiger partial charge in [-0.15, -0.1) is 0 Å². The fourth-order valence-corrected chi connectivity index (χ4v) is 4.83. The van der Waals surface area contributed by atoms with Crippen LogP contribution >= 0.6 is 11.6 Å². The Kier molecular flexibility index (Phi) is 6.30. The Labute approximate surface area is 173 Å². The van der Waals surface area contributed by atoms with Crippen molar-refractivity contribution in [3.63, 3.8) is 0 Å². The average molecular weight is 448 g/mol. The van der Waals surface area contributed by atoms with Gasteiger partial charge in [-0.1, -0.05) is 30.7 Å². The zero-order chi connectivity index (χ0) is 21.2. The number of para-hydroxylation sites is 2. The minimum Gasteiger partial charge on any atom is -0.367 e. The molecule has 0 aromatic heterocycles. The first-order valence-corrected chi connectivity index (χ1v) is 10.9. The van der Waals surface area contributed by atoms with Crippen molar-refractivity contribution in [3.8, 4) is 0 Å². The Balaban J connectivity index is 1.91. The van der Waals surface area contributed by atoms with Crippen molar-refractivity contribution < 1.29 is 21.6 Å². The molecule has 1 heterocycles. The van der Waals surface area contributed by atoms with E-state index in [2.05, 4.69) is 21.4 Å². The summed E-state index contributed by atoms with van der Waals surface area (Å²) in [5.41, 5.74) is -0.105. The Morgan fingerprint density at radius 2 is 1.72 bits per heavy atom. The van der Waals surface area contributed by atoms with Gasteiger partial charge in [-0.2, -0.15) is 13.2 Å². The van der Waals surface area contributed by atoms with Crippen molar-refractivity contribution >= 4 is 33.0 Å². The Hall–Kier alpha value is -1.97. The van der Waals surface area contributed by atoms with Gasteiger partial charge in [0.2, 0.25) is 0 Å². The number of piperazine rings is 1. The number of halogens is 4. The van der Waals surface area contributed by atoms with Crippen LogP contribution in [0.4, 0.5) is 24.5 Å². The number of sulfonamides is 1. The number of benzene rings is 2. The van der Waals surface area contributed by atoms with Crippen LogP contribution in [0.5, 0.6) is 0 Å². The van der Waals surface area contributed by atoms with Gasteiger partial charge in [-0.05, 0) is 36.9 Å². The lowest BCUT2D eigenvalue weighted by Gasteiger charge is -2.36. The minimum absolute atomic E-state index is 0.278. The number of likely N-dealkylation sites (N-methyl/N-ethyl adjacent to an activating group) is 1. The SMILES string of the molecule is CCN1CCN(c2ccccc2NS(=O)(=O)c2cc(C(F)(F)F)ccc2Cl)CC1. The molecule has 0 saturated carbocycles. The maximum absolute atomic E-state index is 13.0. The molecule has 0 aliphatic carbocycles. The molecular weight excluding hydrogens is 427 g/mol. The molecule has 158 valence electrons. The van der Waals surface area contributed by atoms with E-state index in [1.807, 2.05) is 0 Å². The minimum atomic E-state index is -4.67. The van der Waals surface area contributed by atoms with E-state index in [-0.39, 0.29) is 5.02 Å². The van der Waals surface area contributed by atoms with E-state index in [0.717, 1.165) is 44.9 Å². The molecule has 0 unspecified atom stereocenters. The largest absolute Gasteiger partial charge is 0.416 e. The zero-order valence-electron chi connectivity index (χ0n) is 15.7. The highest BCUT2D eigenvalue weighted by molar-refractivity contribution is 7.92. The van der Waals surface area contributed by atoms with Crippen molar-refractivity contribution in [3.05, 3.63) is 53.1 Å². The van der Waals surface area contributed by atoms with Crippen molar-refractivity contribution in [1.29, 1.82) is 0 Å². The van der Waals surface area contributed by atoms with Crippen LogP contribution in [0.25, 0.3) is 0 Å². The van der Waals surface area contributed by atoms with E-state index in [1.165, 1.54) is 0 Å². The summed E-state index contributed by atoms with van der Waals surface area (Å²) >= 11 is 5.92. The van der Waals surface area contributed by atoms with E-state index in [1.54, 1.807) is 24.3 Å². The molecule has 0 amide bonds. The summed E-state index contributed by atoms with van der Waals surface area (Å²) < 4.78 is 67.1. The summed E-state index contributed by atoms with van der Waals surface area (Å²) in [5.74, 6) is 0. The normalized spacial score (nSPS) is 16.1. The summed E-state index contributed by atoms with van der Waals surface area (Å²) in [6, 6.07) is 9.06. The Morgan fingerprint density at radius 3 is 2.34 bits per heavy atom. The fourth-order valence-electron chi connectivity index (χ4n) is 3.23. The molecule has 1 N–H and O–H groups in total. The molecule has 1 fully saturated rings. The predicted octanol–water partition coefficient (Wildman–Crippen LogP) is 4.30. The number of alkyl halides is 3. The number of nitrogens with one attached hydrogen (secondary N) is 1. The lowest BCUT2D eigenvalue weighted by molar-refractivity contribution is -0.137. The summed E-state index contributed by atoms with van der Waals surface area (Å²) in [7, 11) is -4.32. The lowest BCUT2D eigenvalue weighted by atomic mass is 10.2. The summed E-state index contributed by atoms with van der Waals surface area (Å²) in [5, 5.41) is -0.278. The fraction of sp³-hybridized carbons (Fsp3) is 0.368. The second-order valence-electron chi connectivity index (χ2n) is 6.69. The molecule has 2 aromatic rings. The average Bonchev–Trinajstić information content (AvgIpc) is 2.67. The Bertz CT molecular complexity index is 975. The van der Waals surface area contributed by atoms with Crippen LogP contribution in [0.3, 0.4) is 0 Å². The van der Waals surface area contributed by atoms with Crippen molar-refractivity contribution in [2.75, 3.05) is 42.3 Å². The molecule has 2 aromatic carbocycles. The number of nitrogens with zero attached hydrogens (tertiary/aromatic N) is 2. The van der Waals surface area contributed by atoms with Crippen LogP contribution in [0, 0.1) is 0 Å². The van der Waals surface area contributed by atoms with Gasteiger partial charge in [0, 0.05) is 26.2 Å². The number of rotatable bonds is 5. The quantitative estimate of drug-likeness (QED) is 0.742. The van der Waals surface area contributed by atoms with Gasteiger partial charge in [0.1, 0.15) is 4.90 Å². The molecule has 29 heavy (non-hydrogen) atoms. The third-order valence-corrected chi connectivity index (χ3v) is 6.70. The second kappa shape index (κ2) is 8.41. The molecule has 1 saturated heterocycles. The zero-order valence-corrected chi connectivity index (χ0v) is 17.3. The third-order valence-electron chi connectivity index (χ3n) is 4.86. The third kappa shape index (κ3) is 4.96. The van der Waals surface area contributed by atoms with Crippen LogP contribution in [0.2, 0.25) is 5.02 Å². The molecular formula is C19H21ClF3N3O2S. The number of anilines is 2. The van der Waals surface area contributed by atoms with Gasteiger partial charge >= 0.3 is 6.18 Å². The highest BCUT2D eigenvalue weighted by Gasteiger charge is 2.33. The number of hydrogen-bond acceptors (Lipinski definition) is 4. The maximum Gasteiger partial charge on any atom is 0.416 e. The van der Waals surface area contributed by atoms with E-state index in [9.17, 15) is 21.6 Å². The second-order valence-corrected chi connectivity index (χ2v) is 8.74.